The summed E-state index contributed by atoms with van der Waals surface area (Å²) >= 11 is 0. The molecule has 0 aliphatic rings. The Morgan fingerprint density at radius 3 is 2.22 bits per heavy atom. The minimum absolute atomic E-state index is 0.0919. The van der Waals surface area contributed by atoms with Gasteiger partial charge in [-0.05, 0) is 37.6 Å². The number of hydrogen-bond donors (Lipinski definition) is 1. The predicted molar refractivity (Wildman–Crippen MR) is 66.6 cm³/mol. The Balaban J connectivity index is 3.47. The van der Waals surface area contributed by atoms with Gasteiger partial charge in [-0.2, -0.15) is 0 Å². The summed E-state index contributed by atoms with van der Waals surface area (Å²) in [5, 5.41) is 0. The van der Waals surface area contributed by atoms with E-state index in [0.29, 0.717) is 11.3 Å². The first-order chi connectivity index (χ1) is 8.38. The lowest BCUT2D eigenvalue weighted by atomic mass is 9.97. The van der Waals surface area contributed by atoms with E-state index in [1.807, 2.05) is 6.92 Å². The third-order valence-electron chi connectivity index (χ3n) is 3.07. The number of hydrogen-bond acceptors (Lipinski definition) is 3. The molecule has 0 amide bonds. The maximum absolute atomic E-state index is 14.0. The van der Waals surface area contributed by atoms with Crippen LogP contribution in [0.2, 0.25) is 0 Å². The van der Waals surface area contributed by atoms with Crippen LogP contribution in [0, 0.1) is 13.8 Å². The zero-order chi connectivity index (χ0) is 13.9. The van der Waals surface area contributed by atoms with Gasteiger partial charge in [0.05, 0.1) is 19.8 Å². The lowest BCUT2D eigenvalue weighted by molar-refractivity contribution is -0.0130. The molecule has 1 aromatic rings. The van der Waals surface area contributed by atoms with Crippen LogP contribution in [-0.4, -0.2) is 20.8 Å². The molecule has 1 aromatic carbocycles. The van der Waals surface area contributed by atoms with Gasteiger partial charge in [-0.3, -0.25) is 0 Å². The maximum atomic E-state index is 14.0. The van der Waals surface area contributed by atoms with Crippen molar-refractivity contribution >= 4 is 0 Å². The molecule has 0 saturated carbocycles. The Morgan fingerprint density at radius 2 is 1.78 bits per heavy atom. The monoisotopic (exact) mass is 259 g/mol. The highest BCUT2D eigenvalue weighted by Gasteiger charge is 2.35. The molecule has 0 aliphatic heterocycles. The average Bonchev–Trinajstić information content (AvgIpc) is 2.32. The summed E-state index contributed by atoms with van der Waals surface area (Å²) in [4.78, 5) is 0. The SMILES string of the molecule is COc1cc(C(F)(F)CCN)c(OC)c(C)c1C. The Hall–Kier alpha value is -1.36. The van der Waals surface area contributed by atoms with Crippen LogP contribution < -0.4 is 15.2 Å². The van der Waals surface area contributed by atoms with Crippen molar-refractivity contribution < 1.29 is 18.3 Å². The molecular weight excluding hydrogens is 240 g/mol. The number of nitrogens with two attached hydrogens (primary N) is 1. The smallest absolute Gasteiger partial charge is 0.278 e. The minimum atomic E-state index is -3.02. The van der Waals surface area contributed by atoms with E-state index in [4.69, 9.17) is 15.2 Å². The molecule has 0 fully saturated rings. The first-order valence-corrected chi connectivity index (χ1v) is 5.69. The molecule has 0 heterocycles. The van der Waals surface area contributed by atoms with Crippen molar-refractivity contribution in [1.82, 2.24) is 0 Å². The van der Waals surface area contributed by atoms with E-state index in [0.717, 1.165) is 5.56 Å². The Labute approximate surface area is 106 Å². The normalized spacial score (nSPS) is 11.5. The molecule has 0 radical (unpaired) electrons. The second-order valence-electron chi connectivity index (χ2n) is 4.15. The Bertz CT molecular complexity index is 433. The molecule has 0 spiro atoms. The fourth-order valence-corrected chi connectivity index (χ4v) is 1.92. The largest absolute Gasteiger partial charge is 0.496 e. The molecule has 0 atom stereocenters. The third-order valence-corrected chi connectivity index (χ3v) is 3.07. The van der Waals surface area contributed by atoms with Crippen molar-refractivity contribution in [3.8, 4) is 11.5 Å². The van der Waals surface area contributed by atoms with Gasteiger partial charge in [0.15, 0.2) is 0 Å². The minimum Gasteiger partial charge on any atom is -0.496 e. The van der Waals surface area contributed by atoms with Crippen LogP contribution in [0.1, 0.15) is 23.1 Å². The van der Waals surface area contributed by atoms with Gasteiger partial charge in [0.1, 0.15) is 11.5 Å². The van der Waals surface area contributed by atoms with Crippen molar-refractivity contribution in [2.75, 3.05) is 20.8 Å². The van der Waals surface area contributed by atoms with Crippen LogP contribution >= 0.6 is 0 Å². The highest BCUT2D eigenvalue weighted by Crippen LogP contribution is 2.43. The van der Waals surface area contributed by atoms with Gasteiger partial charge in [0.25, 0.3) is 5.92 Å². The lowest BCUT2D eigenvalue weighted by Gasteiger charge is -2.22. The van der Waals surface area contributed by atoms with E-state index in [2.05, 4.69) is 0 Å². The molecule has 3 nitrogen and oxygen atoms in total. The van der Waals surface area contributed by atoms with Gasteiger partial charge < -0.3 is 15.2 Å². The summed E-state index contributed by atoms with van der Waals surface area (Å²) in [5.74, 6) is -2.39. The second-order valence-corrected chi connectivity index (χ2v) is 4.15. The highest BCUT2D eigenvalue weighted by molar-refractivity contribution is 5.54. The topological polar surface area (TPSA) is 44.5 Å². The number of methoxy groups -OCH3 is 2. The van der Waals surface area contributed by atoms with Crippen LogP contribution in [0.5, 0.6) is 11.5 Å². The van der Waals surface area contributed by atoms with Crippen molar-refractivity contribution in [2.24, 2.45) is 5.73 Å². The molecule has 5 heteroatoms. The maximum Gasteiger partial charge on any atom is 0.278 e. The van der Waals surface area contributed by atoms with Crippen molar-refractivity contribution in [3.63, 3.8) is 0 Å². The van der Waals surface area contributed by atoms with Gasteiger partial charge in [0, 0.05) is 6.42 Å². The molecule has 0 unspecified atom stereocenters. The van der Waals surface area contributed by atoms with E-state index >= 15 is 0 Å². The summed E-state index contributed by atoms with van der Waals surface area (Å²) in [6, 6.07) is 1.33. The van der Waals surface area contributed by atoms with Crippen molar-refractivity contribution in [1.29, 1.82) is 0 Å². The molecule has 102 valence electrons. The summed E-state index contributed by atoms with van der Waals surface area (Å²) in [6.45, 7) is 3.45. The van der Waals surface area contributed by atoms with Crippen molar-refractivity contribution in [2.45, 2.75) is 26.2 Å². The van der Waals surface area contributed by atoms with Crippen molar-refractivity contribution in [3.05, 3.63) is 22.8 Å². The summed E-state index contributed by atoms with van der Waals surface area (Å²) in [7, 11) is 2.84. The predicted octanol–water partition coefficient (Wildman–Crippen LogP) is 2.76. The van der Waals surface area contributed by atoms with Crippen LogP contribution in [0.15, 0.2) is 6.07 Å². The van der Waals surface area contributed by atoms with E-state index in [1.165, 1.54) is 20.3 Å². The van der Waals surface area contributed by atoms with E-state index < -0.39 is 12.3 Å². The molecule has 2 N–H and O–H groups in total. The molecule has 0 saturated heterocycles. The molecule has 0 bridgehead atoms. The fourth-order valence-electron chi connectivity index (χ4n) is 1.92. The quantitative estimate of drug-likeness (QED) is 0.884. The zero-order valence-electron chi connectivity index (χ0n) is 11.1. The standard InChI is InChI=1S/C13H19F2NO2/c1-8-9(2)12(18-4)10(7-11(8)17-3)13(14,15)5-6-16/h7H,5-6,16H2,1-4H3. The van der Waals surface area contributed by atoms with Gasteiger partial charge in [0.2, 0.25) is 0 Å². The molecule has 0 aliphatic carbocycles. The molecule has 0 aromatic heterocycles. The highest BCUT2D eigenvalue weighted by atomic mass is 19.3. The Kier molecular flexibility index (Phi) is 4.51. The number of rotatable bonds is 5. The van der Waals surface area contributed by atoms with Crippen LogP contribution in [0.3, 0.4) is 0 Å². The number of ether oxygens (including phenoxy) is 2. The fraction of sp³-hybridized carbons (Fsp3) is 0.538. The average molecular weight is 259 g/mol. The zero-order valence-corrected chi connectivity index (χ0v) is 11.1. The van der Waals surface area contributed by atoms with E-state index in [1.54, 1.807) is 6.92 Å². The van der Waals surface area contributed by atoms with Gasteiger partial charge in [-0.15, -0.1) is 0 Å². The van der Waals surface area contributed by atoms with E-state index in [9.17, 15) is 8.78 Å². The molecule has 1 rings (SSSR count). The van der Waals surface area contributed by atoms with Crippen LogP contribution in [-0.2, 0) is 5.92 Å². The number of halogens is 2. The first kappa shape index (κ1) is 14.7. The number of alkyl halides is 2. The summed E-state index contributed by atoms with van der Waals surface area (Å²) < 4.78 is 38.3. The second kappa shape index (κ2) is 5.52. The van der Waals surface area contributed by atoms with Gasteiger partial charge in [-0.1, -0.05) is 0 Å². The van der Waals surface area contributed by atoms with E-state index in [-0.39, 0.29) is 17.9 Å². The number of benzene rings is 1. The summed E-state index contributed by atoms with van der Waals surface area (Å²) in [5.41, 5.74) is 6.51. The van der Waals surface area contributed by atoms with Crippen LogP contribution in [0.4, 0.5) is 8.78 Å². The Morgan fingerprint density at radius 1 is 1.17 bits per heavy atom. The molecular formula is C13H19F2NO2. The third kappa shape index (κ3) is 2.56. The van der Waals surface area contributed by atoms with Gasteiger partial charge in [-0.25, -0.2) is 8.78 Å². The first-order valence-electron chi connectivity index (χ1n) is 5.69. The lowest BCUT2D eigenvalue weighted by Crippen LogP contribution is -2.20. The van der Waals surface area contributed by atoms with Gasteiger partial charge >= 0.3 is 0 Å². The molecule has 18 heavy (non-hydrogen) atoms. The summed E-state index contributed by atoms with van der Waals surface area (Å²) in [6.07, 6.45) is -0.422. The van der Waals surface area contributed by atoms with Crippen LogP contribution in [0.25, 0.3) is 0 Å².